The van der Waals surface area contributed by atoms with Crippen molar-refractivity contribution < 1.29 is 26.3 Å². The SMILES string of the molecule is [C-]#[N+]c1cccc(-c2ccc(-n3c4ccc(C)cc4c4cc(C(F)(F)F)ccc43)c(-c3cc(-c4nc(-c5cc(C(C)(C)C)cc(C(C)(C)C)c5)nc(-c5cc(C(C)(C)C)cc(C(C)(C)C)c5)n4)ccc3-n3c4ccc(C)cc4c4cc(C(F)(F)F)ccc43)c2)c1. The zero-order chi connectivity index (χ0) is 64.5. The third-order valence-corrected chi connectivity index (χ3v) is 17.3. The van der Waals surface area contributed by atoms with Crippen molar-refractivity contribution in [2.75, 3.05) is 0 Å². The molecule has 0 fully saturated rings. The number of aryl methyl sites for hydroxylation is 2. The minimum Gasteiger partial charge on any atom is -0.309 e. The fourth-order valence-electron chi connectivity index (χ4n) is 12.1. The zero-order valence-corrected chi connectivity index (χ0v) is 53.1. The van der Waals surface area contributed by atoms with Crippen molar-refractivity contribution in [2.45, 2.75) is 131 Å². The molecule has 90 heavy (non-hydrogen) atoms. The van der Waals surface area contributed by atoms with Crippen molar-refractivity contribution in [1.29, 1.82) is 0 Å². The number of alkyl halides is 6. The molecule has 12 rings (SSSR count). The van der Waals surface area contributed by atoms with Gasteiger partial charge in [0.2, 0.25) is 0 Å². The molecule has 0 radical (unpaired) electrons. The monoisotopic (exact) mass is 1200 g/mol. The Hall–Kier alpha value is -9.34. The lowest BCUT2D eigenvalue weighted by Gasteiger charge is -2.26. The van der Waals surface area contributed by atoms with Crippen LogP contribution in [0.15, 0.2) is 170 Å². The second-order valence-electron chi connectivity index (χ2n) is 28.2. The first-order chi connectivity index (χ1) is 42.1. The third kappa shape index (κ3) is 11.3. The molecule has 0 aliphatic carbocycles. The number of aromatic nitrogens is 5. The molecule has 0 N–H and O–H groups in total. The van der Waals surface area contributed by atoms with Gasteiger partial charge < -0.3 is 9.13 Å². The largest absolute Gasteiger partial charge is 0.416 e. The van der Waals surface area contributed by atoms with Gasteiger partial charge in [-0.2, -0.15) is 26.3 Å². The second-order valence-corrected chi connectivity index (χ2v) is 28.2. The van der Waals surface area contributed by atoms with Crippen LogP contribution >= 0.6 is 0 Å². The van der Waals surface area contributed by atoms with Crippen LogP contribution in [0.25, 0.3) is 116 Å². The average Bonchev–Trinajstić information content (AvgIpc) is 1.54. The minimum atomic E-state index is -4.63. The first-order valence-corrected chi connectivity index (χ1v) is 30.2. The predicted molar refractivity (Wildman–Crippen MR) is 356 cm³/mol. The molecule has 0 saturated heterocycles. The summed E-state index contributed by atoms with van der Waals surface area (Å²) < 4.78 is 92.7. The Bertz CT molecular complexity index is 4780. The topological polar surface area (TPSA) is 52.9 Å². The number of benzene rings is 9. The van der Waals surface area contributed by atoms with Crippen LogP contribution in [0.4, 0.5) is 32.0 Å². The fraction of sp³-hybridized carbons (Fsp3) is 0.256. The highest BCUT2D eigenvalue weighted by Crippen LogP contribution is 2.47. The van der Waals surface area contributed by atoms with Crippen LogP contribution < -0.4 is 0 Å². The van der Waals surface area contributed by atoms with Crippen molar-refractivity contribution >= 4 is 49.3 Å². The van der Waals surface area contributed by atoms with Gasteiger partial charge in [0.25, 0.3) is 0 Å². The molecule has 3 heterocycles. The normalized spacial score (nSPS) is 12.9. The highest BCUT2D eigenvalue weighted by atomic mass is 19.4. The molecular formula is C78H70F6N6. The van der Waals surface area contributed by atoms with Crippen LogP contribution in [0, 0.1) is 20.4 Å². The maximum absolute atomic E-state index is 14.8. The number of halogens is 6. The van der Waals surface area contributed by atoms with E-state index in [9.17, 15) is 26.3 Å². The van der Waals surface area contributed by atoms with Gasteiger partial charge in [0.15, 0.2) is 23.2 Å². The molecule has 12 heteroatoms. The van der Waals surface area contributed by atoms with Gasteiger partial charge in [-0.15, -0.1) is 0 Å². The highest BCUT2D eigenvalue weighted by Gasteiger charge is 2.34. The molecule has 454 valence electrons. The molecule has 3 aromatic heterocycles. The van der Waals surface area contributed by atoms with Gasteiger partial charge in [0.1, 0.15) is 0 Å². The van der Waals surface area contributed by atoms with Gasteiger partial charge in [-0.25, -0.2) is 19.8 Å². The Kier molecular flexibility index (Phi) is 14.5. The van der Waals surface area contributed by atoms with E-state index in [4.69, 9.17) is 21.5 Å². The number of rotatable bonds is 7. The van der Waals surface area contributed by atoms with Crippen LogP contribution in [0.1, 0.15) is 128 Å². The molecule has 0 unspecified atom stereocenters. The van der Waals surface area contributed by atoms with Gasteiger partial charge in [0, 0.05) is 49.4 Å². The van der Waals surface area contributed by atoms with Gasteiger partial charge in [-0.05, 0) is 190 Å². The zero-order valence-electron chi connectivity index (χ0n) is 53.1. The molecule has 0 bridgehead atoms. The Morgan fingerprint density at radius 2 is 0.678 bits per heavy atom. The Balaban J connectivity index is 1.24. The first-order valence-electron chi connectivity index (χ1n) is 30.2. The van der Waals surface area contributed by atoms with E-state index >= 15 is 0 Å². The van der Waals surface area contributed by atoms with Crippen molar-refractivity contribution in [2.24, 2.45) is 0 Å². The van der Waals surface area contributed by atoms with E-state index < -0.39 is 23.5 Å². The molecule has 0 atom stereocenters. The van der Waals surface area contributed by atoms with Crippen LogP contribution in [-0.2, 0) is 34.0 Å². The first kappa shape index (κ1) is 60.9. The van der Waals surface area contributed by atoms with Crippen molar-refractivity contribution in [3.8, 4) is 67.8 Å². The van der Waals surface area contributed by atoms with E-state index in [2.05, 4.69) is 124 Å². The molecule has 9 aromatic carbocycles. The predicted octanol–water partition coefficient (Wildman–Crippen LogP) is 22.8. The Morgan fingerprint density at radius 1 is 0.333 bits per heavy atom. The van der Waals surface area contributed by atoms with E-state index in [-0.39, 0.29) is 21.7 Å². The minimum absolute atomic E-state index is 0.249. The molecule has 0 aliphatic rings. The summed E-state index contributed by atoms with van der Waals surface area (Å²) >= 11 is 0. The molecular weight excluding hydrogens is 1130 g/mol. The maximum Gasteiger partial charge on any atom is 0.416 e. The molecule has 0 aliphatic heterocycles. The van der Waals surface area contributed by atoms with Gasteiger partial charge >= 0.3 is 12.4 Å². The molecule has 0 saturated carbocycles. The summed E-state index contributed by atoms with van der Waals surface area (Å²) in [6.07, 6.45) is -9.26. The maximum atomic E-state index is 14.8. The van der Waals surface area contributed by atoms with Crippen molar-refractivity contribution in [3.63, 3.8) is 0 Å². The summed E-state index contributed by atoms with van der Waals surface area (Å²) in [5.41, 5.74) is 12.4. The number of nitrogens with zero attached hydrogens (tertiary/aromatic N) is 6. The molecule has 6 nitrogen and oxygen atoms in total. The smallest absolute Gasteiger partial charge is 0.309 e. The van der Waals surface area contributed by atoms with E-state index in [1.165, 1.54) is 24.3 Å². The Morgan fingerprint density at radius 3 is 1.06 bits per heavy atom. The van der Waals surface area contributed by atoms with Crippen molar-refractivity contribution in [3.05, 3.63) is 226 Å². The third-order valence-electron chi connectivity index (χ3n) is 17.3. The summed E-state index contributed by atoms with van der Waals surface area (Å²) in [6.45, 7) is 38.1. The van der Waals surface area contributed by atoms with E-state index in [0.717, 1.165) is 67.8 Å². The van der Waals surface area contributed by atoms with Gasteiger partial charge in [0.05, 0.1) is 51.1 Å². The Labute approximate surface area is 521 Å². The van der Waals surface area contributed by atoms with E-state index in [1.807, 2.05) is 114 Å². The van der Waals surface area contributed by atoms with E-state index in [0.29, 0.717) is 94.8 Å². The molecule has 0 spiro atoms. The number of hydrogen-bond donors (Lipinski definition) is 0. The summed E-state index contributed by atoms with van der Waals surface area (Å²) in [7, 11) is 0. The number of fused-ring (bicyclic) bond motifs is 6. The van der Waals surface area contributed by atoms with Crippen LogP contribution in [0.5, 0.6) is 0 Å². The standard InChI is InChI=1S/C78H70F6N6/c1-44-19-25-64-58(31-44)62-42-51(77(79,80)81)23-29-68(62)89(64)66-27-21-47(46-17-16-18-57(37-46)85-15)38-60(66)61-39-48(22-28-67(61)90-65-26-20-45(2)32-59(65)63-43-52(78(82,83)84)24-30-69(63)90)70-86-71(49-33-53(73(3,4)5)40-54(34-49)74(6,7)8)88-72(87-70)50-35-55(75(9,10)11)41-56(36-50)76(12,13)14/h16-43H,1-14H3. The lowest BCUT2D eigenvalue weighted by Crippen LogP contribution is -2.17. The lowest BCUT2D eigenvalue weighted by atomic mass is 9.79. The molecule has 0 amide bonds. The summed E-state index contributed by atoms with van der Waals surface area (Å²) in [5, 5.41) is 2.02. The van der Waals surface area contributed by atoms with E-state index in [1.54, 1.807) is 6.07 Å². The quantitative estimate of drug-likeness (QED) is 0.118. The lowest BCUT2D eigenvalue weighted by molar-refractivity contribution is -0.138. The summed E-state index contributed by atoms with van der Waals surface area (Å²) in [6, 6.07) is 51.5. The summed E-state index contributed by atoms with van der Waals surface area (Å²) in [5.74, 6) is 1.26. The van der Waals surface area contributed by atoms with Crippen LogP contribution in [0.2, 0.25) is 0 Å². The average molecular weight is 1210 g/mol. The van der Waals surface area contributed by atoms with Crippen LogP contribution in [-0.4, -0.2) is 24.1 Å². The van der Waals surface area contributed by atoms with Gasteiger partial charge in [-0.3, -0.25) is 0 Å². The second kappa shape index (κ2) is 21.4. The molecule has 12 aromatic rings. The van der Waals surface area contributed by atoms with Gasteiger partial charge in [-0.1, -0.05) is 143 Å². The van der Waals surface area contributed by atoms with Crippen LogP contribution in [0.3, 0.4) is 0 Å². The summed E-state index contributed by atoms with van der Waals surface area (Å²) in [4.78, 5) is 20.1. The number of hydrogen-bond acceptors (Lipinski definition) is 3. The van der Waals surface area contributed by atoms with Crippen molar-refractivity contribution in [1.82, 2.24) is 24.1 Å². The fourth-order valence-corrected chi connectivity index (χ4v) is 12.1. The highest BCUT2D eigenvalue weighted by molar-refractivity contribution is 6.12.